The van der Waals surface area contributed by atoms with E-state index in [1.807, 2.05) is 12.1 Å². The quantitative estimate of drug-likeness (QED) is 0.345. The molecule has 0 fully saturated rings. The topological polar surface area (TPSA) is 74.6 Å². The van der Waals surface area contributed by atoms with Crippen LogP contribution in [0.2, 0.25) is 0 Å². The first-order valence-electron chi connectivity index (χ1n) is 7.33. The molecule has 0 radical (unpaired) electrons. The van der Waals surface area contributed by atoms with Gasteiger partial charge in [-0.15, -0.1) is 0 Å². The molecule has 2 N–H and O–H groups in total. The van der Waals surface area contributed by atoms with Crippen LogP contribution in [0.4, 0.5) is 0 Å². The third-order valence-corrected chi connectivity index (χ3v) is 2.80. The number of carbonyl (C=O) groups excluding carboxylic acids is 2. The first-order valence-corrected chi connectivity index (χ1v) is 7.33. The van der Waals surface area contributed by atoms with Crippen LogP contribution in [0.5, 0.6) is 0 Å². The van der Waals surface area contributed by atoms with E-state index >= 15 is 0 Å². The minimum absolute atomic E-state index is 0. The fourth-order valence-electron chi connectivity index (χ4n) is 1.75. The number of hydrogen-bond donors (Lipinski definition) is 2. The van der Waals surface area contributed by atoms with Crippen molar-refractivity contribution >= 4 is 11.6 Å². The SMILES string of the molecule is C/C(O)=C\C(=O)c1ccccc1.C/C(O)=C\C(=O)c1ccccc1.[Zn]. The van der Waals surface area contributed by atoms with Crippen molar-refractivity contribution in [1.82, 2.24) is 0 Å². The molecular formula is C20H20O4Zn. The number of hydrogen-bond acceptors (Lipinski definition) is 4. The summed E-state index contributed by atoms with van der Waals surface area (Å²) in [5.41, 5.74) is 1.18. The predicted octanol–water partition coefficient (Wildman–Crippen LogP) is 4.66. The Kier molecular flexibility index (Phi) is 10.7. The first-order chi connectivity index (χ1) is 11.4. The molecule has 0 saturated heterocycles. The number of allylic oxidation sites excluding steroid dienone is 4. The van der Waals surface area contributed by atoms with Crippen molar-refractivity contribution in [2.75, 3.05) is 0 Å². The Morgan fingerprint density at radius 1 is 0.680 bits per heavy atom. The molecule has 0 spiro atoms. The molecule has 0 aliphatic carbocycles. The second kappa shape index (κ2) is 11.9. The maximum Gasteiger partial charge on any atom is 0.189 e. The molecule has 0 aromatic heterocycles. The Morgan fingerprint density at radius 3 is 1.20 bits per heavy atom. The molecule has 0 unspecified atom stereocenters. The van der Waals surface area contributed by atoms with Gasteiger partial charge in [0.15, 0.2) is 11.6 Å². The smallest absolute Gasteiger partial charge is 0.189 e. The van der Waals surface area contributed by atoms with E-state index in [0.717, 1.165) is 0 Å². The molecule has 25 heavy (non-hydrogen) atoms. The molecule has 5 heteroatoms. The second-order valence-corrected chi connectivity index (χ2v) is 5.03. The van der Waals surface area contributed by atoms with Gasteiger partial charge in [-0.25, -0.2) is 0 Å². The summed E-state index contributed by atoms with van der Waals surface area (Å²) in [5, 5.41) is 17.6. The number of aliphatic hydroxyl groups is 2. The molecule has 0 amide bonds. The van der Waals surface area contributed by atoms with Gasteiger partial charge in [-0.1, -0.05) is 60.7 Å². The van der Waals surface area contributed by atoms with Gasteiger partial charge in [-0.05, 0) is 13.8 Å². The molecule has 0 bridgehead atoms. The van der Waals surface area contributed by atoms with Crippen LogP contribution >= 0.6 is 0 Å². The predicted molar refractivity (Wildman–Crippen MR) is 94.3 cm³/mol. The molecule has 126 valence electrons. The van der Waals surface area contributed by atoms with Gasteiger partial charge >= 0.3 is 0 Å². The molecule has 2 aromatic carbocycles. The van der Waals surface area contributed by atoms with Gasteiger partial charge in [0.05, 0.1) is 11.5 Å². The fourth-order valence-corrected chi connectivity index (χ4v) is 1.75. The van der Waals surface area contributed by atoms with E-state index in [4.69, 9.17) is 10.2 Å². The number of rotatable bonds is 4. The third-order valence-electron chi connectivity index (χ3n) is 2.80. The Hall–Kier alpha value is -2.52. The number of carbonyl (C=O) groups is 2. The molecule has 2 rings (SSSR count). The van der Waals surface area contributed by atoms with Crippen molar-refractivity contribution in [3.05, 3.63) is 95.5 Å². The molecule has 4 nitrogen and oxygen atoms in total. The standard InChI is InChI=1S/2C10H10O2.Zn/c2*1-8(11)7-10(12)9-5-3-2-4-6-9;/h2*2-7,11H,1H3;/b2*8-7+;. The summed E-state index contributed by atoms with van der Waals surface area (Å²) in [6, 6.07) is 17.7. The van der Waals surface area contributed by atoms with Crippen LogP contribution in [0.3, 0.4) is 0 Å². The average Bonchev–Trinajstić information content (AvgIpc) is 2.56. The summed E-state index contributed by atoms with van der Waals surface area (Å²) in [5.74, 6) is -0.279. The molecule has 2 aromatic rings. The Balaban J connectivity index is 0.000000443. The van der Waals surface area contributed by atoms with Crippen molar-refractivity contribution in [2.45, 2.75) is 13.8 Å². The van der Waals surface area contributed by atoms with Gasteiger partial charge in [0, 0.05) is 42.8 Å². The van der Waals surface area contributed by atoms with E-state index in [1.165, 1.54) is 26.0 Å². The molecule has 0 aliphatic rings. The van der Waals surface area contributed by atoms with Gasteiger partial charge in [0.25, 0.3) is 0 Å². The van der Waals surface area contributed by atoms with E-state index < -0.39 is 0 Å². The minimum atomic E-state index is -0.171. The van der Waals surface area contributed by atoms with Crippen molar-refractivity contribution in [3.63, 3.8) is 0 Å². The van der Waals surface area contributed by atoms with Crippen molar-refractivity contribution in [2.24, 2.45) is 0 Å². The summed E-state index contributed by atoms with van der Waals surface area (Å²) in [6.45, 7) is 2.95. The maximum atomic E-state index is 11.2. The summed E-state index contributed by atoms with van der Waals surface area (Å²) in [4.78, 5) is 22.4. The average molecular weight is 390 g/mol. The first kappa shape index (κ1) is 22.5. The molecule has 0 aliphatic heterocycles. The molecular weight excluding hydrogens is 370 g/mol. The largest absolute Gasteiger partial charge is 0.512 e. The van der Waals surface area contributed by atoms with Crippen LogP contribution in [0, 0.1) is 0 Å². The van der Waals surface area contributed by atoms with E-state index in [2.05, 4.69) is 0 Å². The number of benzene rings is 2. The molecule has 0 heterocycles. The monoisotopic (exact) mass is 388 g/mol. The van der Waals surface area contributed by atoms with Gasteiger partial charge in [-0.2, -0.15) is 0 Å². The van der Waals surface area contributed by atoms with Crippen LogP contribution < -0.4 is 0 Å². The zero-order valence-corrected chi connectivity index (χ0v) is 17.3. The van der Waals surface area contributed by atoms with Gasteiger partial charge in [0.2, 0.25) is 0 Å². The van der Waals surface area contributed by atoms with Crippen molar-refractivity contribution in [3.8, 4) is 0 Å². The summed E-state index contributed by atoms with van der Waals surface area (Å²) in [7, 11) is 0. The Bertz CT molecular complexity index is 661. The molecule has 0 atom stereocenters. The Labute approximate surface area is 160 Å². The van der Waals surface area contributed by atoms with Crippen LogP contribution in [-0.4, -0.2) is 21.8 Å². The summed E-state index contributed by atoms with van der Waals surface area (Å²) in [6.07, 6.45) is 2.41. The fraction of sp³-hybridized carbons (Fsp3) is 0.100. The minimum Gasteiger partial charge on any atom is -0.512 e. The van der Waals surface area contributed by atoms with Crippen molar-refractivity contribution < 1.29 is 39.3 Å². The second-order valence-electron chi connectivity index (χ2n) is 5.03. The zero-order chi connectivity index (χ0) is 17.9. The van der Waals surface area contributed by atoms with Gasteiger partial charge in [-0.3, -0.25) is 9.59 Å². The van der Waals surface area contributed by atoms with Gasteiger partial charge < -0.3 is 10.2 Å². The van der Waals surface area contributed by atoms with Crippen LogP contribution in [0.15, 0.2) is 84.3 Å². The zero-order valence-electron chi connectivity index (χ0n) is 14.3. The normalized spacial score (nSPS) is 10.8. The van der Waals surface area contributed by atoms with Crippen molar-refractivity contribution in [1.29, 1.82) is 0 Å². The van der Waals surface area contributed by atoms with E-state index in [-0.39, 0.29) is 42.6 Å². The summed E-state index contributed by atoms with van der Waals surface area (Å²) < 4.78 is 0. The maximum absolute atomic E-state index is 11.2. The number of aliphatic hydroxyl groups excluding tert-OH is 2. The Morgan fingerprint density at radius 2 is 0.960 bits per heavy atom. The van der Waals surface area contributed by atoms with E-state index in [1.54, 1.807) is 48.5 Å². The third kappa shape index (κ3) is 9.38. The van der Waals surface area contributed by atoms with Gasteiger partial charge in [0.1, 0.15) is 0 Å². The van der Waals surface area contributed by atoms with E-state index in [0.29, 0.717) is 11.1 Å². The summed E-state index contributed by atoms with van der Waals surface area (Å²) >= 11 is 0. The van der Waals surface area contributed by atoms with Crippen LogP contribution in [0.25, 0.3) is 0 Å². The molecule has 0 saturated carbocycles. The van der Waals surface area contributed by atoms with Crippen LogP contribution in [-0.2, 0) is 19.5 Å². The van der Waals surface area contributed by atoms with Crippen LogP contribution in [0.1, 0.15) is 34.6 Å². The van der Waals surface area contributed by atoms with E-state index in [9.17, 15) is 9.59 Å². The number of ketones is 2.